The third-order valence-electron chi connectivity index (χ3n) is 4.75. The molecule has 0 atom stereocenters. The molecule has 6 nitrogen and oxygen atoms in total. The van der Waals surface area contributed by atoms with Gasteiger partial charge in [0.15, 0.2) is 5.82 Å². The minimum absolute atomic E-state index is 0.0621. The fourth-order valence-electron chi connectivity index (χ4n) is 3.13. The molecule has 31 heavy (non-hydrogen) atoms. The number of carbonyl (C=O) groups excluding carboxylic acids is 1. The highest BCUT2D eigenvalue weighted by Crippen LogP contribution is 2.25. The average Bonchev–Trinajstić information content (AvgIpc) is 3.24. The summed E-state index contributed by atoms with van der Waals surface area (Å²) in [7, 11) is 0. The number of anilines is 1. The first kappa shape index (κ1) is 20.6. The summed E-state index contributed by atoms with van der Waals surface area (Å²) in [6.07, 6.45) is 0. The normalized spacial score (nSPS) is 10.7. The number of hydrogen-bond acceptors (Lipinski definition) is 4. The molecule has 7 heteroatoms. The van der Waals surface area contributed by atoms with Gasteiger partial charge in [0.25, 0.3) is 5.91 Å². The number of amides is 1. The third kappa shape index (κ3) is 4.44. The number of nitrogens with zero attached hydrogens (tertiary/aromatic N) is 3. The van der Waals surface area contributed by atoms with Gasteiger partial charge in [-0.3, -0.25) is 4.79 Å². The van der Waals surface area contributed by atoms with Gasteiger partial charge in [-0.2, -0.15) is 0 Å². The van der Waals surface area contributed by atoms with Crippen LogP contribution in [0.2, 0.25) is 5.02 Å². The van der Waals surface area contributed by atoms with Crippen LogP contribution in [0.1, 0.15) is 23.1 Å². The molecule has 0 aliphatic heterocycles. The maximum absolute atomic E-state index is 12.9. The maximum Gasteiger partial charge on any atom is 0.295 e. The molecular formula is C24H21ClN4O2. The van der Waals surface area contributed by atoms with Crippen LogP contribution in [0.3, 0.4) is 0 Å². The van der Waals surface area contributed by atoms with Gasteiger partial charge >= 0.3 is 0 Å². The van der Waals surface area contributed by atoms with Gasteiger partial charge in [-0.05, 0) is 55.8 Å². The van der Waals surface area contributed by atoms with E-state index in [2.05, 4.69) is 15.4 Å². The van der Waals surface area contributed by atoms with Gasteiger partial charge < -0.3 is 10.1 Å². The molecule has 4 rings (SSSR count). The van der Waals surface area contributed by atoms with Gasteiger partial charge in [0.2, 0.25) is 5.82 Å². The Morgan fingerprint density at radius 2 is 1.77 bits per heavy atom. The SMILES string of the molecule is CCOc1ccc(-n2nc(C(=O)Nc3cccc(Cl)c3C)nc2-c2ccccc2)cc1. The Bertz CT molecular complexity index is 1200. The summed E-state index contributed by atoms with van der Waals surface area (Å²) in [5.74, 6) is 0.985. The predicted molar refractivity (Wildman–Crippen MR) is 122 cm³/mol. The highest BCUT2D eigenvalue weighted by atomic mass is 35.5. The van der Waals surface area contributed by atoms with E-state index in [-0.39, 0.29) is 5.82 Å². The second-order valence-electron chi connectivity index (χ2n) is 6.83. The molecule has 1 N–H and O–H groups in total. The van der Waals surface area contributed by atoms with E-state index in [4.69, 9.17) is 16.3 Å². The van der Waals surface area contributed by atoms with E-state index in [9.17, 15) is 4.79 Å². The summed E-state index contributed by atoms with van der Waals surface area (Å²) < 4.78 is 7.18. The maximum atomic E-state index is 12.9. The molecule has 0 unspecified atom stereocenters. The van der Waals surface area contributed by atoms with Crippen LogP contribution in [-0.4, -0.2) is 27.3 Å². The minimum atomic E-state index is -0.410. The second-order valence-corrected chi connectivity index (χ2v) is 7.24. The molecule has 4 aromatic rings. The number of benzene rings is 3. The lowest BCUT2D eigenvalue weighted by Gasteiger charge is -2.08. The van der Waals surface area contributed by atoms with Crippen molar-refractivity contribution in [1.29, 1.82) is 0 Å². The lowest BCUT2D eigenvalue weighted by Crippen LogP contribution is -2.15. The van der Waals surface area contributed by atoms with Crippen LogP contribution >= 0.6 is 11.6 Å². The lowest BCUT2D eigenvalue weighted by molar-refractivity contribution is 0.101. The first-order valence-electron chi connectivity index (χ1n) is 9.89. The molecule has 0 saturated heterocycles. The van der Waals surface area contributed by atoms with E-state index in [0.29, 0.717) is 23.1 Å². The van der Waals surface area contributed by atoms with Crippen LogP contribution in [0.5, 0.6) is 5.75 Å². The lowest BCUT2D eigenvalue weighted by atomic mass is 10.2. The predicted octanol–water partition coefficient (Wildman–Crippen LogP) is 5.55. The van der Waals surface area contributed by atoms with Crippen molar-refractivity contribution in [2.24, 2.45) is 0 Å². The highest BCUT2D eigenvalue weighted by molar-refractivity contribution is 6.31. The standard InChI is InChI=1S/C24H21ClN4O2/c1-3-31-19-14-12-18(13-15-19)29-23(17-8-5-4-6-9-17)27-22(28-29)24(30)26-21-11-7-10-20(25)16(21)2/h4-15H,3H2,1-2H3,(H,26,30). The van der Waals surface area contributed by atoms with Gasteiger partial charge in [0, 0.05) is 16.3 Å². The molecule has 0 radical (unpaired) electrons. The highest BCUT2D eigenvalue weighted by Gasteiger charge is 2.19. The summed E-state index contributed by atoms with van der Waals surface area (Å²) in [5, 5.41) is 7.93. The zero-order valence-electron chi connectivity index (χ0n) is 17.2. The number of aromatic nitrogens is 3. The average molecular weight is 433 g/mol. The Labute approximate surface area is 185 Å². The number of carbonyl (C=O) groups is 1. The molecule has 0 fully saturated rings. The van der Waals surface area contributed by atoms with Gasteiger partial charge in [-0.15, -0.1) is 5.10 Å². The molecule has 0 aliphatic carbocycles. The summed E-state index contributed by atoms with van der Waals surface area (Å²) in [5.41, 5.74) is 3.03. The zero-order chi connectivity index (χ0) is 21.8. The number of halogens is 1. The molecule has 1 heterocycles. The van der Waals surface area contributed by atoms with Crippen LogP contribution < -0.4 is 10.1 Å². The van der Waals surface area contributed by atoms with E-state index in [0.717, 1.165) is 22.6 Å². The van der Waals surface area contributed by atoms with E-state index in [1.807, 2.05) is 68.4 Å². The molecule has 156 valence electrons. The molecule has 0 spiro atoms. The Morgan fingerprint density at radius 1 is 1.03 bits per heavy atom. The first-order chi connectivity index (χ1) is 15.1. The van der Waals surface area contributed by atoms with Crippen molar-refractivity contribution in [2.45, 2.75) is 13.8 Å². The van der Waals surface area contributed by atoms with E-state index in [1.54, 1.807) is 22.9 Å². The fourth-order valence-corrected chi connectivity index (χ4v) is 3.31. The fraction of sp³-hybridized carbons (Fsp3) is 0.125. The van der Waals surface area contributed by atoms with Crippen molar-refractivity contribution >= 4 is 23.2 Å². The van der Waals surface area contributed by atoms with Crippen molar-refractivity contribution in [3.05, 3.63) is 89.2 Å². The monoisotopic (exact) mass is 432 g/mol. The third-order valence-corrected chi connectivity index (χ3v) is 5.16. The Balaban J connectivity index is 1.72. The number of ether oxygens (including phenoxy) is 1. The minimum Gasteiger partial charge on any atom is -0.494 e. The van der Waals surface area contributed by atoms with E-state index < -0.39 is 5.91 Å². The second kappa shape index (κ2) is 9.02. The van der Waals surface area contributed by atoms with Gasteiger partial charge in [-0.1, -0.05) is 48.0 Å². The summed E-state index contributed by atoms with van der Waals surface area (Å²) >= 11 is 6.17. The van der Waals surface area contributed by atoms with E-state index >= 15 is 0 Å². The zero-order valence-corrected chi connectivity index (χ0v) is 17.9. The first-order valence-corrected chi connectivity index (χ1v) is 10.3. The molecule has 0 saturated carbocycles. The van der Waals surface area contributed by atoms with Crippen LogP contribution in [0.15, 0.2) is 72.8 Å². The number of rotatable bonds is 6. The quantitative estimate of drug-likeness (QED) is 0.434. The van der Waals surface area contributed by atoms with Gasteiger partial charge in [0.05, 0.1) is 12.3 Å². The van der Waals surface area contributed by atoms with Crippen LogP contribution in [0.25, 0.3) is 17.1 Å². The summed E-state index contributed by atoms with van der Waals surface area (Å²) in [6, 6.07) is 22.5. The Hall–Kier alpha value is -3.64. The topological polar surface area (TPSA) is 69.0 Å². The van der Waals surface area contributed by atoms with Crippen LogP contribution in [0.4, 0.5) is 5.69 Å². The van der Waals surface area contributed by atoms with Gasteiger partial charge in [-0.25, -0.2) is 9.67 Å². The summed E-state index contributed by atoms with van der Waals surface area (Å²) in [6.45, 7) is 4.37. The van der Waals surface area contributed by atoms with E-state index in [1.165, 1.54) is 0 Å². The Kier molecular flexibility index (Phi) is 6.00. The van der Waals surface area contributed by atoms with Crippen molar-refractivity contribution in [3.8, 4) is 22.8 Å². The van der Waals surface area contributed by atoms with Crippen molar-refractivity contribution in [1.82, 2.24) is 14.8 Å². The van der Waals surface area contributed by atoms with Crippen molar-refractivity contribution in [2.75, 3.05) is 11.9 Å². The largest absolute Gasteiger partial charge is 0.494 e. The number of hydrogen-bond donors (Lipinski definition) is 1. The molecule has 1 aromatic heterocycles. The molecule has 0 bridgehead atoms. The number of nitrogens with one attached hydrogen (secondary N) is 1. The van der Waals surface area contributed by atoms with Crippen molar-refractivity contribution < 1.29 is 9.53 Å². The molecule has 1 amide bonds. The molecule has 3 aromatic carbocycles. The van der Waals surface area contributed by atoms with Crippen molar-refractivity contribution in [3.63, 3.8) is 0 Å². The molecular weight excluding hydrogens is 412 g/mol. The van der Waals surface area contributed by atoms with Crippen LogP contribution in [0, 0.1) is 6.92 Å². The molecule has 0 aliphatic rings. The summed E-state index contributed by atoms with van der Waals surface area (Å²) in [4.78, 5) is 17.5. The van der Waals surface area contributed by atoms with Gasteiger partial charge in [0.1, 0.15) is 5.75 Å². The Morgan fingerprint density at radius 3 is 2.48 bits per heavy atom. The smallest absolute Gasteiger partial charge is 0.295 e. The van der Waals surface area contributed by atoms with Crippen LogP contribution in [-0.2, 0) is 0 Å².